The lowest BCUT2D eigenvalue weighted by molar-refractivity contribution is -0.271. The van der Waals surface area contributed by atoms with E-state index in [0.717, 1.165) is 6.07 Å². The SMILES string of the molecule is COc1cc(=O)cc2oc(-c3cc(O)c([O-])c(OC)c3)c(O)cc1-2. The van der Waals surface area contributed by atoms with Crippen LogP contribution in [0.5, 0.6) is 28.7 Å². The molecule has 0 spiro atoms. The molecule has 1 aromatic rings. The van der Waals surface area contributed by atoms with Gasteiger partial charge in [-0.2, -0.15) is 0 Å². The number of methoxy groups -OCH3 is 2. The minimum absolute atomic E-state index is 0.0243. The third kappa shape index (κ3) is 2.45. The van der Waals surface area contributed by atoms with Crippen molar-refractivity contribution in [1.82, 2.24) is 0 Å². The number of rotatable bonds is 3. The lowest BCUT2D eigenvalue weighted by Crippen LogP contribution is -2.02. The minimum Gasteiger partial charge on any atom is -0.867 e. The maximum absolute atomic E-state index is 11.7. The van der Waals surface area contributed by atoms with E-state index in [1.54, 1.807) is 0 Å². The Morgan fingerprint density at radius 3 is 2.33 bits per heavy atom. The molecule has 7 nitrogen and oxygen atoms in total. The first-order chi connectivity index (χ1) is 11.4. The van der Waals surface area contributed by atoms with Crippen molar-refractivity contribution >= 4 is 0 Å². The molecule has 0 saturated heterocycles. The molecular formula is C17H13O7-. The predicted octanol–water partition coefficient (Wildman–Crippen LogP) is 1.91. The molecule has 3 rings (SSSR count). The van der Waals surface area contributed by atoms with Crippen LogP contribution >= 0.6 is 0 Å². The number of ether oxygens (including phenoxy) is 2. The number of phenolic OH excluding ortho intramolecular Hbond substituents is 1. The zero-order valence-electron chi connectivity index (χ0n) is 12.8. The maximum Gasteiger partial charge on any atom is 0.186 e. The van der Waals surface area contributed by atoms with E-state index in [1.807, 2.05) is 0 Å². The Kier molecular flexibility index (Phi) is 3.69. The van der Waals surface area contributed by atoms with E-state index in [4.69, 9.17) is 13.9 Å². The molecule has 2 N–H and O–H groups in total. The highest BCUT2D eigenvalue weighted by Gasteiger charge is 2.19. The molecule has 1 aliphatic carbocycles. The highest BCUT2D eigenvalue weighted by Crippen LogP contribution is 2.43. The van der Waals surface area contributed by atoms with E-state index in [9.17, 15) is 20.1 Å². The second-order valence-corrected chi connectivity index (χ2v) is 5.02. The maximum atomic E-state index is 11.7. The van der Waals surface area contributed by atoms with Crippen molar-refractivity contribution in [3.05, 3.63) is 40.6 Å². The molecule has 1 aromatic carbocycles. The van der Waals surface area contributed by atoms with Crippen LogP contribution in [-0.4, -0.2) is 24.4 Å². The van der Waals surface area contributed by atoms with Crippen molar-refractivity contribution in [2.75, 3.05) is 14.2 Å². The molecule has 0 bridgehead atoms. The summed E-state index contributed by atoms with van der Waals surface area (Å²) in [5.41, 5.74) is 0.309. The summed E-state index contributed by atoms with van der Waals surface area (Å²) in [4.78, 5) is 11.7. The van der Waals surface area contributed by atoms with E-state index >= 15 is 0 Å². The number of hydrogen-bond donors (Lipinski definition) is 2. The highest BCUT2D eigenvalue weighted by atomic mass is 16.5. The summed E-state index contributed by atoms with van der Waals surface area (Å²) in [6, 6.07) is 6.37. The van der Waals surface area contributed by atoms with Gasteiger partial charge in [0, 0.05) is 17.7 Å². The number of phenols is 1. The summed E-state index contributed by atoms with van der Waals surface area (Å²) in [6.45, 7) is 0. The van der Waals surface area contributed by atoms with Gasteiger partial charge in [-0.1, -0.05) is 0 Å². The van der Waals surface area contributed by atoms with E-state index < -0.39 is 11.5 Å². The summed E-state index contributed by atoms with van der Waals surface area (Å²) in [6.07, 6.45) is 0. The van der Waals surface area contributed by atoms with E-state index in [-0.39, 0.29) is 39.8 Å². The number of hydrogen-bond acceptors (Lipinski definition) is 7. The summed E-state index contributed by atoms with van der Waals surface area (Å²) >= 11 is 0. The molecule has 124 valence electrons. The minimum atomic E-state index is -0.676. The normalized spacial score (nSPS) is 10.8. The monoisotopic (exact) mass is 329 g/mol. The Morgan fingerprint density at radius 2 is 1.67 bits per heavy atom. The van der Waals surface area contributed by atoms with Crippen LogP contribution in [0.1, 0.15) is 0 Å². The van der Waals surface area contributed by atoms with Crippen molar-refractivity contribution in [2.24, 2.45) is 0 Å². The van der Waals surface area contributed by atoms with Crippen molar-refractivity contribution in [3.63, 3.8) is 0 Å². The Labute approximate surface area is 136 Å². The molecule has 0 amide bonds. The Bertz CT molecular complexity index is 942. The zero-order chi connectivity index (χ0) is 17.4. The van der Waals surface area contributed by atoms with Crippen molar-refractivity contribution in [3.8, 4) is 51.4 Å². The standard InChI is InChI=1S/C17H14O7/c1-22-13-5-9(18)6-14-10(13)7-12(20)17(24-14)8-3-11(19)16(21)15(4-8)23-2/h3-7,19-21H,1-2H3/p-1. The average Bonchev–Trinajstić information content (AvgIpc) is 2.56. The molecule has 0 fully saturated rings. The Morgan fingerprint density at radius 1 is 0.958 bits per heavy atom. The fourth-order valence-electron chi connectivity index (χ4n) is 2.41. The molecule has 0 saturated carbocycles. The lowest BCUT2D eigenvalue weighted by atomic mass is 10.1. The highest BCUT2D eigenvalue weighted by molar-refractivity contribution is 5.76. The Balaban J connectivity index is 2.28. The summed E-state index contributed by atoms with van der Waals surface area (Å²) in [5.74, 6) is -1.15. The average molecular weight is 329 g/mol. The molecule has 2 aliphatic rings. The molecule has 0 aromatic heterocycles. The van der Waals surface area contributed by atoms with Gasteiger partial charge in [0.1, 0.15) is 23.0 Å². The fourth-order valence-corrected chi connectivity index (χ4v) is 2.41. The van der Waals surface area contributed by atoms with Gasteiger partial charge in [-0.15, -0.1) is 0 Å². The second-order valence-electron chi connectivity index (χ2n) is 5.02. The van der Waals surface area contributed by atoms with Gasteiger partial charge in [0.25, 0.3) is 0 Å². The molecule has 0 atom stereocenters. The van der Waals surface area contributed by atoms with Gasteiger partial charge in [0.05, 0.1) is 19.8 Å². The van der Waals surface area contributed by atoms with Gasteiger partial charge in [0.15, 0.2) is 16.9 Å². The van der Waals surface area contributed by atoms with Crippen LogP contribution in [0.4, 0.5) is 0 Å². The van der Waals surface area contributed by atoms with Crippen LogP contribution < -0.4 is 20.0 Å². The van der Waals surface area contributed by atoms with Crippen molar-refractivity contribution in [1.29, 1.82) is 0 Å². The fraction of sp³-hybridized carbons (Fsp3) is 0.118. The smallest absolute Gasteiger partial charge is 0.186 e. The molecular weight excluding hydrogens is 316 g/mol. The van der Waals surface area contributed by atoms with Gasteiger partial charge >= 0.3 is 0 Å². The van der Waals surface area contributed by atoms with Crippen LogP contribution in [0.25, 0.3) is 22.6 Å². The van der Waals surface area contributed by atoms with Crippen LogP contribution in [0.3, 0.4) is 0 Å². The molecule has 1 heterocycles. The summed E-state index contributed by atoms with van der Waals surface area (Å²) < 4.78 is 15.6. The van der Waals surface area contributed by atoms with Crippen molar-refractivity contribution in [2.45, 2.75) is 0 Å². The van der Waals surface area contributed by atoms with E-state index in [0.29, 0.717) is 5.56 Å². The predicted molar refractivity (Wildman–Crippen MR) is 82.9 cm³/mol. The lowest BCUT2D eigenvalue weighted by Gasteiger charge is -2.17. The molecule has 7 heteroatoms. The molecule has 1 aliphatic heterocycles. The molecule has 0 radical (unpaired) electrons. The van der Waals surface area contributed by atoms with E-state index in [1.165, 1.54) is 38.5 Å². The largest absolute Gasteiger partial charge is 0.867 e. The van der Waals surface area contributed by atoms with Gasteiger partial charge in [-0.05, 0) is 23.9 Å². The number of aromatic hydroxyl groups is 2. The van der Waals surface area contributed by atoms with E-state index in [2.05, 4.69) is 0 Å². The van der Waals surface area contributed by atoms with Crippen LogP contribution in [-0.2, 0) is 0 Å². The van der Waals surface area contributed by atoms with Gasteiger partial charge < -0.3 is 29.2 Å². The first-order valence-corrected chi connectivity index (χ1v) is 6.88. The molecule has 0 unspecified atom stereocenters. The first-order valence-electron chi connectivity index (χ1n) is 6.88. The number of benzene rings is 2. The van der Waals surface area contributed by atoms with Gasteiger partial charge in [-0.3, -0.25) is 4.79 Å². The third-order valence-corrected chi connectivity index (χ3v) is 3.54. The quantitative estimate of drug-likeness (QED) is 0.754. The Hall–Kier alpha value is -3.35. The van der Waals surface area contributed by atoms with Crippen molar-refractivity contribution < 1.29 is 29.2 Å². The topological polar surface area (TPSA) is 112 Å². The van der Waals surface area contributed by atoms with Gasteiger partial charge in [-0.25, -0.2) is 0 Å². The molecule has 24 heavy (non-hydrogen) atoms. The van der Waals surface area contributed by atoms with Crippen LogP contribution in [0, 0.1) is 0 Å². The zero-order valence-corrected chi connectivity index (χ0v) is 12.8. The third-order valence-electron chi connectivity index (χ3n) is 3.54. The summed E-state index contributed by atoms with van der Waals surface area (Å²) in [5, 5.41) is 31.6. The van der Waals surface area contributed by atoms with Crippen LogP contribution in [0.15, 0.2) is 39.5 Å². The first kappa shape index (κ1) is 15.5. The second kappa shape index (κ2) is 5.69. The van der Waals surface area contributed by atoms with Crippen LogP contribution in [0.2, 0.25) is 0 Å². The van der Waals surface area contributed by atoms with Gasteiger partial charge in [0.2, 0.25) is 0 Å². The summed E-state index contributed by atoms with van der Waals surface area (Å²) in [7, 11) is 2.68. The number of fused-ring (bicyclic) bond motifs is 1.